The number of carbonyl (C=O) groups excluding carboxylic acids is 1. The van der Waals surface area contributed by atoms with E-state index in [0.717, 1.165) is 0 Å². The van der Waals surface area contributed by atoms with Gasteiger partial charge in [-0.1, -0.05) is 0 Å². The van der Waals surface area contributed by atoms with Crippen LogP contribution in [0.1, 0.15) is 0 Å². The fourth-order valence-electron chi connectivity index (χ4n) is 0.748. The number of hydrogen-bond donors (Lipinski definition) is 2. The molecule has 4 nitrogen and oxygen atoms in total. The minimum absolute atomic E-state index is 0. The molecule has 1 amide bonds. The molecule has 0 saturated carbocycles. The molecule has 0 radical (unpaired) electrons. The van der Waals surface area contributed by atoms with E-state index in [1.54, 1.807) is 0 Å². The lowest BCUT2D eigenvalue weighted by atomic mass is 10.3. The highest BCUT2D eigenvalue weighted by atomic mass is 35.5. The number of primary amides is 1. The quantitative estimate of drug-likeness (QED) is 0.519. The van der Waals surface area contributed by atoms with Gasteiger partial charge >= 0.3 is 0 Å². The number of rotatable bonds is 1. The van der Waals surface area contributed by atoms with Crippen molar-refractivity contribution in [2.24, 2.45) is 5.73 Å². The van der Waals surface area contributed by atoms with Crippen LogP contribution < -0.4 is 11.1 Å². The molecule has 0 bridgehead atoms. The minimum atomic E-state index is -0.338. The monoisotopic (exact) mass is 166 g/mol. The molecule has 0 aliphatic carbocycles. The van der Waals surface area contributed by atoms with E-state index < -0.39 is 0 Å². The van der Waals surface area contributed by atoms with Crippen molar-refractivity contribution in [3.8, 4) is 0 Å². The molecule has 1 heterocycles. The molecule has 1 aliphatic heterocycles. The van der Waals surface area contributed by atoms with Gasteiger partial charge in [0.05, 0.1) is 13.2 Å². The third-order valence-electron chi connectivity index (χ3n) is 1.27. The van der Waals surface area contributed by atoms with Crippen molar-refractivity contribution in [3.05, 3.63) is 0 Å². The first-order chi connectivity index (χ1) is 4.30. The van der Waals surface area contributed by atoms with Crippen LogP contribution in [-0.2, 0) is 9.53 Å². The Hall–Kier alpha value is -0.320. The lowest BCUT2D eigenvalue weighted by Crippen LogP contribution is -2.49. The van der Waals surface area contributed by atoms with Gasteiger partial charge in [0.2, 0.25) is 5.91 Å². The summed E-state index contributed by atoms with van der Waals surface area (Å²) in [5, 5.41) is 2.92. The standard InChI is InChI=1S/C5H10N2O2.ClH/c6-5(8)4-3-9-2-1-7-4;/h4,7H,1-3H2,(H2,6,8);1H/t4-;/m0./s1. The second-order valence-electron chi connectivity index (χ2n) is 1.98. The van der Waals surface area contributed by atoms with Gasteiger partial charge in [-0.3, -0.25) is 4.79 Å². The van der Waals surface area contributed by atoms with Crippen molar-refractivity contribution in [1.82, 2.24) is 5.32 Å². The smallest absolute Gasteiger partial charge is 0.236 e. The molecule has 1 rings (SSSR count). The first-order valence-electron chi connectivity index (χ1n) is 2.91. The van der Waals surface area contributed by atoms with Crippen molar-refractivity contribution in [3.63, 3.8) is 0 Å². The molecule has 1 aliphatic rings. The number of amides is 1. The van der Waals surface area contributed by atoms with Crippen molar-refractivity contribution in [2.75, 3.05) is 19.8 Å². The summed E-state index contributed by atoms with van der Waals surface area (Å²) in [4.78, 5) is 10.4. The van der Waals surface area contributed by atoms with E-state index in [0.29, 0.717) is 19.8 Å². The summed E-state index contributed by atoms with van der Waals surface area (Å²) in [6.45, 7) is 1.80. The summed E-state index contributed by atoms with van der Waals surface area (Å²) in [7, 11) is 0. The van der Waals surface area contributed by atoms with Gasteiger partial charge in [0.15, 0.2) is 0 Å². The van der Waals surface area contributed by atoms with Gasteiger partial charge in [0.1, 0.15) is 6.04 Å². The Kier molecular flexibility index (Phi) is 4.34. The molecule has 0 aromatic heterocycles. The number of nitrogens with one attached hydrogen (secondary N) is 1. The highest BCUT2D eigenvalue weighted by Crippen LogP contribution is 1.89. The zero-order chi connectivity index (χ0) is 6.69. The maximum absolute atomic E-state index is 10.4. The van der Waals surface area contributed by atoms with Crippen LogP contribution in [0.3, 0.4) is 0 Å². The van der Waals surface area contributed by atoms with Gasteiger partial charge in [-0.2, -0.15) is 0 Å². The molecule has 1 fully saturated rings. The molecule has 60 valence electrons. The zero-order valence-electron chi connectivity index (χ0n) is 5.50. The molecule has 0 aromatic rings. The second-order valence-corrected chi connectivity index (χ2v) is 1.98. The van der Waals surface area contributed by atoms with E-state index in [-0.39, 0.29) is 24.4 Å². The molecule has 0 aromatic carbocycles. The van der Waals surface area contributed by atoms with Crippen LogP contribution in [0.15, 0.2) is 0 Å². The number of morpholine rings is 1. The number of hydrogen-bond acceptors (Lipinski definition) is 3. The molecule has 3 N–H and O–H groups in total. The van der Waals surface area contributed by atoms with Gasteiger partial charge < -0.3 is 15.8 Å². The number of carbonyl (C=O) groups is 1. The van der Waals surface area contributed by atoms with Crippen LogP contribution in [0.25, 0.3) is 0 Å². The van der Waals surface area contributed by atoms with Crippen LogP contribution in [0, 0.1) is 0 Å². The minimum Gasteiger partial charge on any atom is -0.378 e. The molecule has 1 atom stereocenters. The van der Waals surface area contributed by atoms with E-state index >= 15 is 0 Å². The van der Waals surface area contributed by atoms with Gasteiger partial charge in [0.25, 0.3) is 0 Å². The average molecular weight is 167 g/mol. The normalized spacial score (nSPS) is 25.0. The molecule has 1 saturated heterocycles. The predicted molar refractivity (Wildman–Crippen MR) is 39.1 cm³/mol. The second kappa shape index (κ2) is 4.49. The Morgan fingerprint density at radius 1 is 1.70 bits per heavy atom. The molecule has 0 spiro atoms. The van der Waals surface area contributed by atoms with Crippen LogP contribution in [0.2, 0.25) is 0 Å². The topological polar surface area (TPSA) is 64.4 Å². The summed E-state index contributed by atoms with van der Waals surface area (Å²) in [6.07, 6.45) is 0. The van der Waals surface area contributed by atoms with Gasteiger partial charge in [0, 0.05) is 6.54 Å². The maximum atomic E-state index is 10.4. The highest BCUT2D eigenvalue weighted by Gasteiger charge is 2.17. The average Bonchev–Trinajstić information content (AvgIpc) is 1.90. The Morgan fingerprint density at radius 3 is 2.70 bits per heavy atom. The number of ether oxygens (including phenoxy) is 1. The van der Waals surface area contributed by atoms with Crippen LogP contribution in [0.5, 0.6) is 0 Å². The first-order valence-corrected chi connectivity index (χ1v) is 2.91. The fourth-order valence-corrected chi connectivity index (χ4v) is 0.748. The van der Waals surface area contributed by atoms with Gasteiger partial charge in [-0.25, -0.2) is 0 Å². The van der Waals surface area contributed by atoms with E-state index in [1.165, 1.54) is 0 Å². The van der Waals surface area contributed by atoms with E-state index in [2.05, 4.69) is 5.32 Å². The van der Waals surface area contributed by atoms with E-state index in [9.17, 15) is 4.79 Å². The number of halogens is 1. The molecule has 10 heavy (non-hydrogen) atoms. The third kappa shape index (κ3) is 2.51. The highest BCUT2D eigenvalue weighted by molar-refractivity contribution is 5.85. The van der Waals surface area contributed by atoms with E-state index in [4.69, 9.17) is 10.5 Å². The molecule has 0 unspecified atom stereocenters. The molecular weight excluding hydrogens is 156 g/mol. The van der Waals surface area contributed by atoms with Gasteiger partial charge in [-0.15, -0.1) is 12.4 Å². The van der Waals surface area contributed by atoms with Crippen LogP contribution >= 0.6 is 12.4 Å². The summed E-state index contributed by atoms with van der Waals surface area (Å²) in [5.74, 6) is -0.338. The maximum Gasteiger partial charge on any atom is 0.236 e. The summed E-state index contributed by atoms with van der Waals surface area (Å²) in [6, 6.07) is -0.279. The summed E-state index contributed by atoms with van der Waals surface area (Å²) in [5.41, 5.74) is 4.99. The van der Waals surface area contributed by atoms with Crippen molar-refractivity contribution in [2.45, 2.75) is 6.04 Å². The first kappa shape index (κ1) is 9.68. The van der Waals surface area contributed by atoms with E-state index in [1.807, 2.05) is 0 Å². The van der Waals surface area contributed by atoms with Crippen molar-refractivity contribution >= 4 is 18.3 Å². The largest absolute Gasteiger partial charge is 0.378 e. The van der Waals surface area contributed by atoms with Crippen molar-refractivity contribution in [1.29, 1.82) is 0 Å². The number of nitrogens with two attached hydrogens (primary N) is 1. The predicted octanol–water partition coefficient (Wildman–Crippen LogP) is -1.12. The van der Waals surface area contributed by atoms with Crippen LogP contribution in [-0.4, -0.2) is 31.7 Å². The SMILES string of the molecule is Cl.NC(=O)[C@@H]1COCCN1. The third-order valence-corrected chi connectivity index (χ3v) is 1.27. The Morgan fingerprint density at radius 2 is 2.40 bits per heavy atom. The Labute approximate surface area is 65.5 Å². The Balaban J connectivity index is 0.000000810. The van der Waals surface area contributed by atoms with Crippen molar-refractivity contribution < 1.29 is 9.53 Å². The zero-order valence-corrected chi connectivity index (χ0v) is 6.32. The Bertz CT molecular complexity index is 114. The lowest BCUT2D eigenvalue weighted by molar-refractivity contribution is -0.122. The fraction of sp³-hybridized carbons (Fsp3) is 0.800. The molecule has 5 heteroatoms. The van der Waals surface area contributed by atoms with Crippen LogP contribution in [0.4, 0.5) is 0 Å². The summed E-state index contributed by atoms with van der Waals surface area (Å²) >= 11 is 0. The van der Waals surface area contributed by atoms with Gasteiger partial charge in [-0.05, 0) is 0 Å². The summed E-state index contributed by atoms with van der Waals surface area (Å²) < 4.78 is 4.98. The molecular formula is C5H11ClN2O2. The lowest BCUT2D eigenvalue weighted by Gasteiger charge is -2.20.